The van der Waals surface area contributed by atoms with Crippen LogP contribution in [0.15, 0.2) is 36.4 Å². The van der Waals surface area contributed by atoms with Crippen LogP contribution in [0.2, 0.25) is 5.02 Å². The molecule has 17 heavy (non-hydrogen) atoms. The Labute approximate surface area is 111 Å². The van der Waals surface area contributed by atoms with E-state index in [2.05, 4.69) is 30.4 Å². The molecule has 0 radical (unpaired) electrons. The van der Waals surface area contributed by atoms with E-state index < -0.39 is 0 Å². The standard InChI is InChI=1S/C14H16ClNS/c1-2-8-16-10-13-6-7-14(17-13)11-4-3-5-12(15)9-11/h3-7,9,16H,2,8,10H2,1H3. The van der Waals surface area contributed by atoms with Gasteiger partial charge in [0.05, 0.1) is 0 Å². The van der Waals surface area contributed by atoms with Gasteiger partial charge < -0.3 is 5.32 Å². The second kappa shape index (κ2) is 6.20. The molecular weight excluding hydrogens is 250 g/mol. The predicted octanol–water partition coefficient (Wildman–Crippen LogP) is 4.57. The number of rotatable bonds is 5. The molecule has 0 saturated carbocycles. The second-order valence-electron chi connectivity index (χ2n) is 3.95. The van der Waals surface area contributed by atoms with Gasteiger partial charge in [0.25, 0.3) is 0 Å². The van der Waals surface area contributed by atoms with Crippen molar-refractivity contribution >= 4 is 22.9 Å². The molecule has 2 aromatic rings. The summed E-state index contributed by atoms with van der Waals surface area (Å²) >= 11 is 7.82. The third kappa shape index (κ3) is 3.56. The molecule has 0 amide bonds. The molecular formula is C14H16ClNS. The number of nitrogens with one attached hydrogen (secondary N) is 1. The van der Waals surface area contributed by atoms with Crippen LogP contribution in [0.1, 0.15) is 18.2 Å². The Morgan fingerprint density at radius 2 is 2.12 bits per heavy atom. The van der Waals surface area contributed by atoms with Crippen LogP contribution in [0.25, 0.3) is 10.4 Å². The molecule has 1 N–H and O–H groups in total. The van der Waals surface area contributed by atoms with Crippen molar-refractivity contribution in [2.45, 2.75) is 19.9 Å². The number of halogens is 1. The lowest BCUT2D eigenvalue weighted by Gasteiger charge is -1.99. The van der Waals surface area contributed by atoms with Crippen LogP contribution in [0.5, 0.6) is 0 Å². The van der Waals surface area contributed by atoms with E-state index in [0.29, 0.717) is 0 Å². The zero-order valence-corrected chi connectivity index (χ0v) is 11.4. The van der Waals surface area contributed by atoms with Gasteiger partial charge in [-0.1, -0.05) is 30.7 Å². The minimum absolute atomic E-state index is 0.793. The normalized spacial score (nSPS) is 10.7. The molecule has 0 aliphatic heterocycles. The Balaban J connectivity index is 2.07. The fourth-order valence-electron chi connectivity index (χ4n) is 1.66. The van der Waals surface area contributed by atoms with Crippen LogP contribution >= 0.6 is 22.9 Å². The molecule has 0 saturated heterocycles. The lowest BCUT2D eigenvalue weighted by Crippen LogP contribution is -2.12. The fraction of sp³-hybridized carbons (Fsp3) is 0.286. The second-order valence-corrected chi connectivity index (χ2v) is 5.56. The predicted molar refractivity (Wildman–Crippen MR) is 76.8 cm³/mol. The first-order valence-corrected chi connectivity index (χ1v) is 7.04. The van der Waals surface area contributed by atoms with Gasteiger partial charge in [-0.15, -0.1) is 11.3 Å². The molecule has 0 atom stereocenters. The van der Waals surface area contributed by atoms with Gasteiger partial charge in [-0.05, 0) is 42.8 Å². The van der Waals surface area contributed by atoms with Gasteiger partial charge in [-0.25, -0.2) is 0 Å². The van der Waals surface area contributed by atoms with Gasteiger partial charge in [0.15, 0.2) is 0 Å². The van der Waals surface area contributed by atoms with Crippen LogP contribution in [-0.4, -0.2) is 6.54 Å². The van der Waals surface area contributed by atoms with E-state index in [-0.39, 0.29) is 0 Å². The maximum atomic E-state index is 6.00. The summed E-state index contributed by atoms with van der Waals surface area (Å²) in [6, 6.07) is 12.4. The zero-order valence-electron chi connectivity index (χ0n) is 9.87. The molecule has 0 aliphatic carbocycles. The maximum absolute atomic E-state index is 6.00. The quantitative estimate of drug-likeness (QED) is 0.781. The Hall–Kier alpha value is -0.830. The fourth-order valence-corrected chi connectivity index (χ4v) is 2.82. The summed E-state index contributed by atoms with van der Waals surface area (Å²) in [6.07, 6.45) is 1.17. The van der Waals surface area contributed by atoms with Crippen LogP contribution < -0.4 is 5.32 Å². The lowest BCUT2D eigenvalue weighted by atomic mass is 10.2. The number of hydrogen-bond donors (Lipinski definition) is 1. The van der Waals surface area contributed by atoms with Gasteiger partial charge in [-0.2, -0.15) is 0 Å². The molecule has 2 rings (SSSR count). The molecule has 1 aromatic carbocycles. The van der Waals surface area contributed by atoms with E-state index in [1.54, 1.807) is 0 Å². The average molecular weight is 266 g/mol. The highest BCUT2D eigenvalue weighted by Gasteiger charge is 2.03. The van der Waals surface area contributed by atoms with Crippen molar-refractivity contribution in [2.75, 3.05) is 6.54 Å². The average Bonchev–Trinajstić information content (AvgIpc) is 2.78. The number of benzene rings is 1. The SMILES string of the molecule is CCCNCc1ccc(-c2cccc(Cl)c2)s1. The topological polar surface area (TPSA) is 12.0 Å². The smallest absolute Gasteiger partial charge is 0.0412 e. The van der Waals surface area contributed by atoms with Crippen LogP contribution in [-0.2, 0) is 6.54 Å². The summed E-state index contributed by atoms with van der Waals surface area (Å²) in [6.45, 7) is 4.21. The van der Waals surface area contributed by atoms with E-state index in [0.717, 1.165) is 18.1 Å². The van der Waals surface area contributed by atoms with Gasteiger partial charge in [0.1, 0.15) is 0 Å². The monoisotopic (exact) mass is 265 g/mol. The Morgan fingerprint density at radius 3 is 2.88 bits per heavy atom. The zero-order chi connectivity index (χ0) is 12.1. The van der Waals surface area contributed by atoms with E-state index in [4.69, 9.17) is 11.6 Å². The first-order valence-electron chi connectivity index (χ1n) is 5.85. The highest BCUT2D eigenvalue weighted by atomic mass is 35.5. The van der Waals surface area contributed by atoms with Crippen molar-refractivity contribution in [3.05, 3.63) is 46.3 Å². The van der Waals surface area contributed by atoms with Crippen LogP contribution in [0.4, 0.5) is 0 Å². The largest absolute Gasteiger partial charge is 0.312 e. The molecule has 0 bridgehead atoms. The van der Waals surface area contributed by atoms with Crippen molar-refractivity contribution < 1.29 is 0 Å². The third-order valence-corrected chi connectivity index (χ3v) is 3.87. The maximum Gasteiger partial charge on any atom is 0.0412 e. The molecule has 1 heterocycles. The van der Waals surface area contributed by atoms with Gasteiger partial charge in [0.2, 0.25) is 0 Å². The van der Waals surface area contributed by atoms with Crippen molar-refractivity contribution in [2.24, 2.45) is 0 Å². The first-order chi connectivity index (χ1) is 8.29. The Bertz CT molecular complexity index is 479. The van der Waals surface area contributed by atoms with Crippen molar-refractivity contribution in [1.82, 2.24) is 5.32 Å². The molecule has 0 aliphatic rings. The lowest BCUT2D eigenvalue weighted by molar-refractivity contribution is 0.681. The van der Waals surface area contributed by atoms with E-state index in [1.165, 1.54) is 21.7 Å². The third-order valence-electron chi connectivity index (χ3n) is 2.50. The minimum atomic E-state index is 0.793. The van der Waals surface area contributed by atoms with Crippen molar-refractivity contribution in [3.8, 4) is 10.4 Å². The highest BCUT2D eigenvalue weighted by Crippen LogP contribution is 2.29. The summed E-state index contributed by atoms with van der Waals surface area (Å²) in [5.74, 6) is 0. The molecule has 1 nitrogen and oxygen atoms in total. The Kier molecular flexibility index (Phi) is 4.60. The van der Waals surface area contributed by atoms with Crippen LogP contribution in [0.3, 0.4) is 0 Å². The Morgan fingerprint density at radius 1 is 1.24 bits per heavy atom. The number of thiophene rings is 1. The van der Waals surface area contributed by atoms with E-state index in [9.17, 15) is 0 Å². The summed E-state index contributed by atoms with van der Waals surface area (Å²) in [4.78, 5) is 2.65. The summed E-state index contributed by atoms with van der Waals surface area (Å²) in [5, 5.41) is 4.20. The molecule has 1 aromatic heterocycles. The van der Waals surface area contributed by atoms with E-state index in [1.807, 2.05) is 29.5 Å². The van der Waals surface area contributed by atoms with Crippen molar-refractivity contribution in [3.63, 3.8) is 0 Å². The number of hydrogen-bond acceptors (Lipinski definition) is 2. The van der Waals surface area contributed by atoms with Crippen LogP contribution in [0, 0.1) is 0 Å². The molecule has 0 fully saturated rings. The summed E-state index contributed by atoms with van der Waals surface area (Å²) < 4.78 is 0. The van der Waals surface area contributed by atoms with Crippen molar-refractivity contribution in [1.29, 1.82) is 0 Å². The van der Waals surface area contributed by atoms with E-state index >= 15 is 0 Å². The highest BCUT2D eigenvalue weighted by molar-refractivity contribution is 7.15. The molecule has 0 spiro atoms. The van der Waals surface area contributed by atoms with Gasteiger partial charge >= 0.3 is 0 Å². The van der Waals surface area contributed by atoms with Gasteiger partial charge in [-0.3, -0.25) is 0 Å². The summed E-state index contributed by atoms with van der Waals surface area (Å²) in [7, 11) is 0. The minimum Gasteiger partial charge on any atom is -0.312 e. The first kappa shape index (κ1) is 12.6. The summed E-state index contributed by atoms with van der Waals surface area (Å²) in [5.41, 5.74) is 1.20. The molecule has 90 valence electrons. The molecule has 0 unspecified atom stereocenters. The molecule has 3 heteroatoms. The van der Waals surface area contributed by atoms with Gasteiger partial charge in [0, 0.05) is 21.3 Å².